The fourth-order valence-electron chi connectivity index (χ4n) is 3.82. The van der Waals surface area contributed by atoms with Crippen molar-refractivity contribution in [3.8, 4) is 11.5 Å². The average Bonchev–Trinajstić information content (AvgIpc) is 2.93. The molecule has 39 heavy (non-hydrogen) atoms. The summed E-state index contributed by atoms with van der Waals surface area (Å²) in [7, 11) is -3.94. The molecule has 0 aliphatic carbocycles. The highest BCUT2D eigenvalue weighted by Crippen LogP contribution is 2.22. The van der Waals surface area contributed by atoms with Crippen molar-refractivity contribution in [2.45, 2.75) is 9.79 Å². The Hall–Kier alpha value is -3.65. The third-order valence-electron chi connectivity index (χ3n) is 6.08. The van der Waals surface area contributed by atoms with E-state index in [9.17, 15) is 21.6 Å². The van der Waals surface area contributed by atoms with Crippen LogP contribution in [0.15, 0.2) is 82.6 Å². The number of sulfonamides is 2. The van der Waals surface area contributed by atoms with Crippen molar-refractivity contribution in [2.24, 2.45) is 0 Å². The predicted molar refractivity (Wildman–Crippen MR) is 147 cm³/mol. The highest BCUT2D eigenvalue weighted by molar-refractivity contribution is 7.92. The first-order valence-electron chi connectivity index (χ1n) is 12.1. The van der Waals surface area contributed by atoms with Gasteiger partial charge in [0.15, 0.2) is 6.61 Å². The molecule has 0 spiro atoms. The number of likely N-dealkylation sites (N-methyl/N-ethyl adjacent to an activating group) is 1. The van der Waals surface area contributed by atoms with E-state index in [2.05, 4.69) is 14.9 Å². The molecule has 0 radical (unpaired) electrons. The molecular formula is C26H30N4O7S2. The summed E-state index contributed by atoms with van der Waals surface area (Å²) in [5, 5.41) is 2.65. The molecule has 13 heteroatoms. The Kier molecular flexibility index (Phi) is 8.75. The number of methoxy groups -OCH3 is 1. The predicted octanol–water partition coefficient (Wildman–Crippen LogP) is 2.45. The van der Waals surface area contributed by atoms with Crippen molar-refractivity contribution < 1.29 is 31.1 Å². The highest BCUT2D eigenvalue weighted by atomic mass is 32.2. The first-order valence-corrected chi connectivity index (χ1v) is 15.0. The van der Waals surface area contributed by atoms with E-state index in [1.165, 1.54) is 59.9 Å². The van der Waals surface area contributed by atoms with Crippen molar-refractivity contribution in [3.05, 3.63) is 72.8 Å². The van der Waals surface area contributed by atoms with Crippen LogP contribution in [0, 0.1) is 0 Å². The van der Waals surface area contributed by atoms with Crippen molar-refractivity contribution >= 4 is 37.3 Å². The smallest absolute Gasteiger partial charge is 0.262 e. The van der Waals surface area contributed by atoms with Crippen molar-refractivity contribution in [2.75, 3.05) is 57.0 Å². The second kappa shape index (κ2) is 12.0. The number of nitrogens with zero attached hydrogens (tertiary/aromatic N) is 2. The highest BCUT2D eigenvalue weighted by Gasteiger charge is 2.27. The van der Waals surface area contributed by atoms with E-state index in [0.717, 1.165) is 0 Å². The summed E-state index contributed by atoms with van der Waals surface area (Å²) in [5.74, 6) is 0.458. The Bertz CT molecular complexity index is 1490. The molecule has 0 unspecified atom stereocenters. The number of nitrogens with one attached hydrogen (secondary N) is 2. The van der Waals surface area contributed by atoms with Gasteiger partial charge in [0, 0.05) is 37.6 Å². The van der Waals surface area contributed by atoms with Gasteiger partial charge < -0.3 is 19.7 Å². The zero-order valence-corrected chi connectivity index (χ0v) is 23.2. The number of ether oxygens (including phenoxy) is 2. The van der Waals surface area contributed by atoms with Crippen LogP contribution in [-0.2, 0) is 24.8 Å². The summed E-state index contributed by atoms with van der Waals surface area (Å²) < 4.78 is 65.4. The molecule has 1 heterocycles. The molecule has 0 atom stereocenters. The lowest BCUT2D eigenvalue weighted by Crippen LogP contribution is -2.46. The third kappa shape index (κ3) is 7.26. The number of hydrogen-bond donors (Lipinski definition) is 2. The van der Waals surface area contributed by atoms with Crippen LogP contribution in [0.1, 0.15) is 0 Å². The number of anilines is 2. The van der Waals surface area contributed by atoms with E-state index in [-0.39, 0.29) is 16.4 Å². The second-order valence-corrected chi connectivity index (χ2v) is 12.5. The van der Waals surface area contributed by atoms with E-state index in [1.807, 2.05) is 7.05 Å². The fraction of sp³-hybridized carbons (Fsp3) is 0.269. The molecule has 3 aromatic carbocycles. The maximum Gasteiger partial charge on any atom is 0.262 e. The van der Waals surface area contributed by atoms with Crippen molar-refractivity contribution in [1.82, 2.24) is 9.21 Å². The molecule has 1 saturated heterocycles. The second-order valence-electron chi connectivity index (χ2n) is 8.87. The van der Waals surface area contributed by atoms with Crippen molar-refractivity contribution in [3.63, 3.8) is 0 Å². The zero-order chi connectivity index (χ0) is 28.0. The van der Waals surface area contributed by atoms with Gasteiger partial charge in [-0.3, -0.25) is 9.52 Å². The lowest BCUT2D eigenvalue weighted by atomic mass is 10.3. The van der Waals surface area contributed by atoms with Gasteiger partial charge in [-0.2, -0.15) is 4.31 Å². The minimum absolute atomic E-state index is 0.0294. The van der Waals surface area contributed by atoms with Gasteiger partial charge in [-0.15, -0.1) is 0 Å². The molecule has 2 N–H and O–H groups in total. The van der Waals surface area contributed by atoms with Crippen LogP contribution in [0.5, 0.6) is 11.5 Å². The Morgan fingerprint density at radius 2 is 1.31 bits per heavy atom. The van der Waals surface area contributed by atoms with Gasteiger partial charge in [0.2, 0.25) is 10.0 Å². The van der Waals surface area contributed by atoms with Gasteiger partial charge >= 0.3 is 0 Å². The fourth-order valence-corrected chi connectivity index (χ4v) is 6.30. The molecule has 0 saturated carbocycles. The van der Waals surface area contributed by atoms with Gasteiger partial charge in [0.25, 0.3) is 15.9 Å². The Labute approximate surface area is 228 Å². The number of benzene rings is 3. The molecule has 0 aromatic heterocycles. The summed E-state index contributed by atoms with van der Waals surface area (Å²) in [6.45, 7) is 1.89. The molecule has 4 rings (SSSR count). The van der Waals surface area contributed by atoms with Crippen LogP contribution in [0.25, 0.3) is 0 Å². The Morgan fingerprint density at radius 3 is 1.90 bits per heavy atom. The van der Waals surface area contributed by atoms with E-state index >= 15 is 0 Å². The van der Waals surface area contributed by atoms with Crippen LogP contribution in [-0.4, -0.2) is 78.9 Å². The van der Waals surface area contributed by atoms with E-state index in [1.54, 1.807) is 24.3 Å². The summed E-state index contributed by atoms with van der Waals surface area (Å²) in [5.41, 5.74) is 0.810. The molecule has 1 fully saturated rings. The van der Waals surface area contributed by atoms with Gasteiger partial charge in [-0.1, -0.05) is 0 Å². The molecule has 0 bridgehead atoms. The molecular weight excluding hydrogens is 544 g/mol. The lowest BCUT2D eigenvalue weighted by Gasteiger charge is -2.31. The van der Waals surface area contributed by atoms with Crippen molar-refractivity contribution in [1.29, 1.82) is 0 Å². The number of amides is 1. The van der Waals surface area contributed by atoms with E-state index in [0.29, 0.717) is 49.1 Å². The van der Waals surface area contributed by atoms with Gasteiger partial charge in [-0.25, -0.2) is 16.8 Å². The number of carbonyl (C=O) groups excluding carboxylic acids is 1. The molecule has 11 nitrogen and oxygen atoms in total. The first-order chi connectivity index (χ1) is 18.6. The van der Waals surface area contributed by atoms with E-state index in [4.69, 9.17) is 9.47 Å². The Morgan fingerprint density at radius 1 is 0.769 bits per heavy atom. The average molecular weight is 575 g/mol. The summed E-state index contributed by atoms with van der Waals surface area (Å²) in [6, 6.07) is 18.1. The molecule has 1 amide bonds. The van der Waals surface area contributed by atoms with Gasteiger partial charge in [0.1, 0.15) is 11.5 Å². The normalized spacial score (nSPS) is 14.9. The first kappa shape index (κ1) is 28.4. The van der Waals surface area contributed by atoms with Crippen LogP contribution < -0.4 is 19.5 Å². The van der Waals surface area contributed by atoms with Crippen LogP contribution >= 0.6 is 0 Å². The van der Waals surface area contributed by atoms with Crippen LogP contribution in [0.3, 0.4) is 0 Å². The molecule has 1 aliphatic rings. The molecule has 3 aromatic rings. The summed E-state index contributed by atoms with van der Waals surface area (Å²) in [4.78, 5) is 14.6. The Balaban J connectivity index is 1.29. The number of rotatable bonds is 10. The van der Waals surface area contributed by atoms with Crippen LogP contribution in [0.2, 0.25) is 0 Å². The standard InChI is InChI=1S/C26H30N4O7S2/c1-29-15-17-30(18-16-29)39(34,35)25-11-5-20(6-12-25)27-26(31)19-37-23-9-13-24(14-10-23)38(32,33)28-21-3-7-22(36-2)8-4-21/h3-14,28H,15-19H2,1-2H3,(H,27,31). The molecule has 1 aliphatic heterocycles. The van der Waals surface area contributed by atoms with Crippen LogP contribution in [0.4, 0.5) is 11.4 Å². The monoisotopic (exact) mass is 574 g/mol. The number of piperazine rings is 1. The van der Waals surface area contributed by atoms with E-state index < -0.39 is 26.0 Å². The summed E-state index contributed by atoms with van der Waals surface area (Å²) in [6.07, 6.45) is 0. The minimum atomic E-state index is -3.82. The van der Waals surface area contributed by atoms with Gasteiger partial charge in [0.05, 0.1) is 16.9 Å². The minimum Gasteiger partial charge on any atom is -0.497 e. The number of hydrogen-bond acceptors (Lipinski definition) is 8. The number of carbonyl (C=O) groups is 1. The maximum absolute atomic E-state index is 12.8. The summed E-state index contributed by atoms with van der Waals surface area (Å²) >= 11 is 0. The SMILES string of the molecule is COc1ccc(NS(=O)(=O)c2ccc(OCC(=O)Nc3ccc(S(=O)(=O)N4CCN(C)CC4)cc3)cc2)cc1. The largest absolute Gasteiger partial charge is 0.497 e. The topological polar surface area (TPSA) is 134 Å². The lowest BCUT2D eigenvalue weighted by molar-refractivity contribution is -0.118. The van der Waals surface area contributed by atoms with Gasteiger partial charge in [-0.05, 0) is 79.8 Å². The zero-order valence-electron chi connectivity index (χ0n) is 21.5. The third-order valence-corrected chi connectivity index (χ3v) is 9.39. The maximum atomic E-state index is 12.8. The molecule has 208 valence electrons. The quantitative estimate of drug-likeness (QED) is 0.377.